The molecule has 0 saturated heterocycles. The van der Waals surface area contributed by atoms with Gasteiger partial charge in [-0.15, -0.1) is 0 Å². The van der Waals surface area contributed by atoms with Crippen LogP contribution in [0.5, 0.6) is 0 Å². The Morgan fingerprint density at radius 1 is 1.29 bits per heavy atom. The molecule has 1 aromatic heterocycles. The molecule has 1 aliphatic heterocycles. The number of rotatable bonds is 2. The minimum atomic E-state index is -3.73. The molecule has 2 heterocycles. The molecule has 8 heteroatoms. The lowest BCUT2D eigenvalue weighted by Crippen LogP contribution is -2.37. The van der Waals surface area contributed by atoms with Gasteiger partial charge in [0.05, 0.1) is 6.20 Å². The molecular weight excluding hydrogens is 300 g/mol. The van der Waals surface area contributed by atoms with E-state index >= 15 is 0 Å². The molecule has 0 N–H and O–H groups in total. The van der Waals surface area contributed by atoms with Crippen LogP contribution in [0, 0.1) is 11.6 Å². The van der Waals surface area contributed by atoms with E-state index < -0.39 is 21.7 Å². The topological polar surface area (TPSA) is 55.2 Å². The zero-order chi connectivity index (χ0) is 15.2. The first-order valence-corrected chi connectivity index (χ1v) is 7.78. The standard InChI is InChI=1S/C13H13F2N3O2S/c1-17-13(2-4-16-17)21(19,20)18-5-3-11-9(8-18)6-10(14)7-12(11)15/h2,4,6-7H,3,5,8H2,1H3. The molecule has 0 saturated carbocycles. The Kier molecular flexibility index (Phi) is 3.29. The van der Waals surface area contributed by atoms with E-state index in [4.69, 9.17) is 0 Å². The molecule has 3 rings (SSSR count). The van der Waals surface area contributed by atoms with E-state index in [0.29, 0.717) is 11.1 Å². The fraction of sp³-hybridized carbons (Fsp3) is 0.308. The minimum absolute atomic E-state index is 0.0441. The first-order chi connectivity index (χ1) is 9.89. The molecule has 21 heavy (non-hydrogen) atoms. The Hall–Kier alpha value is -1.80. The van der Waals surface area contributed by atoms with E-state index in [1.807, 2.05) is 0 Å². The van der Waals surface area contributed by atoms with Gasteiger partial charge in [-0.05, 0) is 29.7 Å². The van der Waals surface area contributed by atoms with Crippen LogP contribution in [0.25, 0.3) is 0 Å². The Morgan fingerprint density at radius 2 is 2.05 bits per heavy atom. The van der Waals surface area contributed by atoms with Gasteiger partial charge in [-0.1, -0.05) is 0 Å². The fourth-order valence-electron chi connectivity index (χ4n) is 2.54. The van der Waals surface area contributed by atoms with Crippen LogP contribution < -0.4 is 0 Å². The number of sulfonamides is 1. The number of benzene rings is 1. The van der Waals surface area contributed by atoms with Crippen LogP contribution in [0.4, 0.5) is 8.78 Å². The summed E-state index contributed by atoms with van der Waals surface area (Å²) in [6.07, 6.45) is 1.61. The number of fused-ring (bicyclic) bond motifs is 1. The molecule has 0 atom stereocenters. The van der Waals surface area contributed by atoms with E-state index in [1.165, 1.54) is 34.4 Å². The Morgan fingerprint density at radius 3 is 2.71 bits per heavy atom. The summed E-state index contributed by atoms with van der Waals surface area (Å²) in [5.74, 6) is -1.33. The lowest BCUT2D eigenvalue weighted by molar-refractivity contribution is 0.378. The highest BCUT2D eigenvalue weighted by atomic mass is 32.2. The molecule has 2 aromatic rings. The average Bonchev–Trinajstić information content (AvgIpc) is 2.84. The molecule has 5 nitrogen and oxygen atoms in total. The predicted octanol–water partition coefficient (Wildman–Crippen LogP) is 1.45. The van der Waals surface area contributed by atoms with Crippen LogP contribution in [-0.4, -0.2) is 29.0 Å². The third-order valence-corrected chi connectivity index (χ3v) is 5.51. The number of nitrogens with zero attached hydrogens (tertiary/aromatic N) is 3. The van der Waals surface area contributed by atoms with Crippen LogP contribution in [0.2, 0.25) is 0 Å². The number of aromatic nitrogens is 2. The summed E-state index contributed by atoms with van der Waals surface area (Å²) in [7, 11) is -2.20. The van der Waals surface area contributed by atoms with Gasteiger partial charge in [-0.25, -0.2) is 17.2 Å². The zero-order valence-electron chi connectivity index (χ0n) is 11.3. The smallest absolute Gasteiger partial charge is 0.256 e. The normalized spacial score (nSPS) is 16.0. The Bertz CT molecular complexity index is 802. The molecule has 0 aliphatic carbocycles. The first kappa shape index (κ1) is 14.2. The SMILES string of the molecule is Cn1nccc1S(=O)(=O)N1CCc2c(F)cc(F)cc2C1. The van der Waals surface area contributed by atoms with Crippen molar-refractivity contribution in [3.63, 3.8) is 0 Å². The molecule has 0 unspecified atom stereocenters. The van der Waals surface area contributed by atoms with Crippen LogP contribution in [0.3, 0.4) is 0 Å². The largest absolute Gasteiger partial charge is 0.260 e. The van der Waals surface area contributed by atoms with Gasteiger partial charge in [0.15, 0.2) is 5.03 Å². The van der Waals surface area contributed by atoms with E-state index in [0.717, 1.165) is 6.07 Å². The third-order valence-electron chi connectivity index (χ3n) is 3.59. The van der Waals surface area contributed by atoms with Crippen LogP contribution in [-0.2, 0) is 30.0 Å². The Balaban J connectivity index is 1.99. The highest BCUT2D eigenvalue weighted by Crippen LogP contribution is 2.27. The van der Waals surface area contributed by atoms with Gasteiger partial charge in [0, 0.05) is 26.2 Å². The van der Waals surface area contributed by atoms with Crippen molar-refractivity contribution in [2.45, 2.75) is 18.0 Å². The van der Waals surface area contributed by atoms with Crippen molar-refractivity contribution < 1.29 is 17.2 Å². The second kappa shape index (κ2) is 4.88. The number of hydrogen-bond donors (Lipinski definition) is 0. The molecule has 1 aromatic carbocycles. The summed E-state index contributed by atoms with van der Waals surface area (Å²) in [6.45, 7) is 0.112. The monoisotopic (exact) mass is 313 g/mol. The lowest BCUT2D eigenvalue weighted by atomic mass is 10.0. The molecule has 0 spiro atoms. The van der Waals surface area contributed by atoms with Gasteiger partial charge in [-0.2, -0.15) is 9.40 Å². The maximum absolute atomic E-state index is 13.7. The number of halogens is 2. The Labute approximate surface area is 120 Å². The van der Waals surface area contributed by atoms with Gasteiger partial charge in [0.25, 0.3) is 10.0 Å². The summed E-state index contributed by atoms with van der Waals surface area (Å²) in [5.41, 5.74) is 0.748. The maximum Gasteiger partial charge on any atom is 0.260 e. The van der Waals surface area contributed by atoms with E-state index in [-0.39, 0.29) is 24.5 Å². The summed E-state index contributed by atoms with van der Waals surface area (Å²) >= 11 is 0. The van der Waals surface area contributed by atoms with Gasteiger partial charge >= 0.3 is 0 Å². The van der Waals surface area contributed by atoms with Gasteiger partial charge in [0.1, 0.15) is 11.6 Å². The molecule has 0 bridgehead atoms. The average molecular weight is 313 g/mol. The van der Waals surface area contributed by atoms with Crippen LogP contribution in [0.15, 0.2) is 29.4 Å². The third kappa shape index (κ3) is 2.34. The second-order valence-corrected chi connectivity index (χ2v) is 6.79. The van der Waals surface area contributed by atoms with Crippen molar-refractivity contribution in [2.75, 3.05) is 6.54 Å². The van der Waals surface area contributed by atoms with Crippen molar-refractivity contribution >= 4 is 10.0 Å². The lowest BCUT2D eigenvalue weighted by Gasteiger charge is -2.28. The van der Waals surface area contributed by atoms with Gasteiger partial charge in [-0.3, -0.25) is 4.68 Å². The summed E-state index contributed by atoms with van der Waals surface area (Å²) in [6, 6.07) is 3.41. The fourth-order valence-corrected chi connectivity index (χ4v) is 4.05. The van der Waals surface area contributed by atoms with Crippen molar-refractivity contribution in [1.29, 1.82) is 0 Å². The minimum Gasteiger partial charge on any atom is -0.256 e. The van der Waals surface area contributed by atoms with Gasteiger partial charge < -0.3 is 0 Å². The van der Waals surface area contributed by atoms with Crippen LogP contribution >= 0.6 is 0 Å². The van der Waals surface area contributed by atoms with E-state index in [1.54, 1.807) is 0 Å². The predicted molar refractivity (Wildman–Crippen MR) is 70.9 cm³/mol. The van der Waals surface area contributed by atoms with Crippen LogP contribution in [0.1, 0.15) is 11.1 Å². The zero-order valence-corrected chi connectivity index (χ0v) is 12.1. The summed E-state index contributed by atoms with van der Waals surface area (Å²) in [5, 5.41) is 3.90. The highest BCUT2D eigenvalue weighted by molar-refractivity contribution is 7.89. The number of aryl methyl sites for hydroxylation is 1. The van der Waals surface area contributed by atoms with Crippen molar-refractivity contribution in [3.8, 4) is 0 Å². The molecule has 0 radical (unpaired) electrons. The van der Waals surface area contributed by atoms with E-state index in [9.17, 15) is 17.2 Å². The first-order valence-electron chi connectivity index (χ1n) is 6.34. The second-order valence-electron chi connectivity index (χ2n) is 4.91. The van der Waals surface area contributed by atoms with Crippen molar-refractivity contribution in [1.82, 2.24) is 14.1 Å². The number of hydrogen-bond acceptors (Lipinski definition) is 3. The summed E-state index contributed by atoms with van der Waals surface area (Å²) < 4.78 is 54.5. The quantitative estimate of drug-likeness (QED) is 0.843. The van der Waals surface area contributed by atoms with Crippen molar-refractivity contribution in [3.05, 3.63) is 47.2 Å². The molecule has 112 valence electrons. The van der Waals surface area contributed by atoms with E-state index in [2.05, 4.69) is 5.10 Å². The van der Waals surface area contributed by atoms with Crippen molar-refractivity contribution in [2.24, 2.45) is 7.05 Å². The highest BCUT2D eigenvalue weighted by Gasteiger charge is 2.31. The molecule has 0 amide bonds. The molecule has 0 fully saturated rings. The summed E-state index contributed by atoms with van der Waals surface area (Å²) in [4.78, 5) is 0. The molecular formula is C13H13F2N3O2S. The van der Waals surface area contributed by atoms with Gasteiger partial charge in [0.2, 0.25) is 0 Å². The maximum atomic E-state index is 13.7. The molecule has 1 aliphatic rings.